The van der Waals surface area contributed by atoms with Crippen molar-refractivity contribution in [3.05, 3.63) is 50.6 Å². The van der Waals surface area contributed by atoms with Gasteiger partial charge in [-0.2, -0.15) is 13.1 Å². The molecule has 0 heterocycles. The summed E-state index contributed by atoms with van der Waals surface area (Å²) in [6.45, 7) is 0. The van der Waals surface area contributed by atoms with Crippen LogP contribution in [0.3, 0.4) is 0 Å². The third kappa shape index (κ3) is 4.72. The Bertz CT molecular complexity index is 923. The Morgan fingerprint density at radius 1 is 1.04 bits per heavy atom. The lowest BCUT2D eigenvalue weighted by Crippen LogP contribution is -2.32. The molecular formula is C15H13ClF2IN3O2S. The first-order chi connectivity index (χ1) is 11.7. The maximum absolute atomic E-state index is 14.3. The smallest absolute Gasteiger partial charge is 0.299 e. The minimum absolute atomic E-state index is 0.144. The molecule has 134 valence electrons. The summed E-state index contributed by atoms with van der Waals surface area (Å²) in [6, 6.07) is 7.31. The standard InChI is InChI=1S/C15H13ClF2IN3O2S/c16-10-7-8(19)1-4-11(10)20-12-5-6-13(15(18)14(12)17)22-25(23,24)21-9-2-3-9/h1,4-7,9,20-22H,2-3H2. The van der Waals surface area contributed by atoms with Crippen LogP contribution in [0.25, 0.3) is 0 Å². The van der Waals surface area contributed by atoms with Crippen molar-refractivity contribution < 1.29 is 17.2 Å². The van der Waals surface area contributed by atoms with Crippen LogP contribution in [0, 0.1) is 15.2 Å². The van der Waals surface area contributed by atoms with E-state index in [2.05, 4.69) is 32.6 Å². The number of hydrogen-bond donors (Lipinski definition) is 3. The molecule has 0 bridgehead atoms. The van der Waals surface area contributed by atoms with Crippen LogP contribution in [0.4, 0.5) is 25.8 Å². The number of hydrogen-bond acceptors (Lipinski definition) is 3. The Balaban J connectivity index is 1.82. The third-order valence-corrected chi connectivity index (χ3v) is 5.54. The number of rotatable bonds is 6. The molecule has 5 nitrogen and oxygen atoms in total. The predicted molar refractivity (Wildman–Crippen MR) is 103 cm³/mol. The van der Waals surface area contributed by atoms with Crippen molar-refractivity contribution in [2.45, 2.75) is 18.9 Å². The van der Waals surface area contributed by atoms with Gasteiger partial charge in [0.2, 0.25) is 0 Å². The van der Waals surface area contributed by atoms with E-state index in [4.69, 9.17) is 11.6 Å². The number of benzene rings is 2. The van der Waals surface area contributed by atoms with Crippen molar-refractivity contribution in [3.63, 3.8) is 0 Å². The van der Waals surface area contributed by atoms with Gasteiger partial charge in [0.1, 0.15) is 0 Å². The summed E-state index contributed by atoms with van der Waals surface area (Å²) in [4.78, 5) is 0. The van der Waals surface area contributed by atoms with Gasteiger partial charge in [0.25, 0.3) is 10.2 Å². The van der Waals surface area contributed by atoms with Crippen molar-refractivity contribution in [2.24, 2.45) is 0 Å². The van der Waals surface area contributed by atoms with Gasteiger partial charge < -0.3 is 5.32 Å². The first kappa shape index (κ1) is 18.6. The zero-order chi connectivity index (χ0) is 18.2. The monoisotopic (exact) mass is 499 g/mol. The largest absolute Gasteiger partial charge is 0.352 e. The zero-order valence-electron chi connectivity index (χ0n) is 12.6. The maximum Gasteiger partial charge on any atom is 0.299 e. The van der Waals surface area contributed by atoms with Gasteiger partial charge in [-0.15, -0.1) is 0 Å². The van der Waals surface area contributed by atoms with E-state index in [9.17, 15) is 17.2 Å². The normalized spacial score (nSPS) is 14.4. The maximum atomic E-state index is 14.3. The second kappa shape index (κ2) is 7.22. The topological polar surface area (TPSA) is 70.2 Å². The fourth-order valence-electron chi connectivity index (χ4n) is 2.06. The van der Waals surface area contributed by atoms with Gasteiger partial charge in [-0.1, -0.05) is 11.6 Å². The van der Waals surface area contributed by atoms with E-state index in [0.29, 0.717) is 10.7 Å². The predicted octanol–water partition coefficient (Wildman–Crippen LogP) is 4.38. The lowest BCUT2D eigenvalue weighted by atomic mass is 10.2. The molecular weight excluding hydrogens is 487 g/mol. The highest BCUT2D eigenvalue weighted by atomic mass is 127. The molecule has 1 fully saturated rings. The second-order valence-corrected chi connectivity index (χ2v) is 8.63. The zero-order valence-corrected chi connectivity index (χ0v) is 16.3. The second-order valence-electron chi connectivity index (χ2n) is 5.54. The Hall–Kier alpha value is -1.17. The van der Waals surface area contributed by atoms with Gasteiger partial charge in [-0.05, 0) is 65.8 Å². The molecule has 0 aromatic heterocycles. The van der Waals surface area contributed by atoms with E-state index >= 15 is 0 Å². The quantitative estimate of drug-likeness (QED) is 0.517. The van der Waals surface area contributed by atoms with Crippen molar-refractivity contribution in [3.8, 4) is 0 Å². The Morgan fingerprint density at radius 2 is 1.64 bits per heavy atom. The minimum atomic E-state index is -3.94. The highest BCUT2D eigenvalue weighted by Gasteiger charge is 2.27. The minimum Gasteiger partial charge on any atom is -0.352 e. The van der Waals surface area contributed by atoms with Crippen molar-refractivity contribution in [1.82, 2.24) is 4.72 Å². The summed E-state index contributed by atoms with van der Waals surface area (Å²) in [5.74, 6) is -2.51. The van der Waals surface area contributed by atoms with Gasteiger partial charge in [-0.3, -0.25) is 4.72 Å². The summed E-state index contributed by atoms with van der Waals surface area (Å²) in [6.07, 6.45) is 1.47. The van der Waals surface area contributed by atoms with Crippen LogP contribution >= 0.6 is 34.2 Å². The van der Waals surface area contributed by atoms with Crippen LogP contribution in [-0.4, -0.2) is 14.5 Å². The SMILES string of the molecule is O=S(=O)(Nc1ccc(Nc2ccc(I)cc2Cl)c(F)c1F)NC1CC1. The molecule has 0 amide bonds. The number of halogens is 4. The summed E-state index contributed by atoms with van der Waals surface area (Å²) in [7, 11) is -3.94. The lowest BCUT2D eigenvalue weighted by molar-refractivity contribution is 0.514. The molecule has 10 heteroatoms. The van der Waals surface area contributed by atoms with Gasteiger partial charge in [0.15, 0.2) is 11.6 Å². The first-order valence-electron chi connectivity index (χ1n) is 7.25. The molecule has 1 aliphatic carbocycles. The number of nitrogens with one attached hydrogen (secondary N) is 3. The Labute approximate surface area is 162 Å². The molecule has 2 aromatic carbocycles. The van der Waals surface area contributed by atoms with E-state index in [1.165, 1.54) is 6.07 Å². The molecule has 1 saturated carbocycles. The van der Waals surface area contributed by atoms with Gasteiger partial charge in [-0.25, -0.2) is 8.78 Å². The molecule has 2 aromatic rings. The van der Waals surface area contributed by atoms with Crippen molar-refractivity contribution in [1.29, 1.82) is 0 Å². The molecule has 3 N–H and O–H groups in total. The molecule has 3 rings (SSSR count). The average molecular weight is 500 g/mol. The summed E-state index contributed by atoms with van der Waals surface area (Å²) in [5, 5.41) is 3.05. The molecule has 0 spiro atoms. The highest BCUT2D eigenvalue weighted by Crippen LogP contribution is 2.31. The van der Waals surface area contributed by atoms with Crippen LogP contribution < -0.4 is 14.8 Å². The lowest BCUT2D eigenvalue weighted by Gasteiger charge is -2.13. The molecule has 0 unspecified atom stereocenters. The van der Waals surface area contributed by atoms with Gasteiger partial charge in [0.05, 0.1) is 22.1 Å². The summed E-state index contributed by atoms with van der Waals surface area (Å²) >= 11 is 8.14. The molecule has 0 radical (unpaired) electrons. The molecule has 0 aliphatic heterocycles. The van der Waals surface area contributed by atoms with Crippen LogP contribution in [0.1, 0.15) is 12.8 Å². The highest BCUT2D eigenvalue weighted by molar-refractivity contribution is 14.1. The van der Waals surface area contributed by atoms with E-state index < -0.39 is 27.5 Å². The van der Waals surface area contributed by atoms with E-state index in [-0.39, 0.29) is 11.7 Å². The third-order valence-electron chi connectivity index (χ3n) is 3.43. The average Bonchev–Trinajstić information content (AvgIpc) is 3.32. The fourth-order valence-corrected chi connectivity index (χ4v) is 4.14. The first-order valence-corrected chi connectivity index (χ1v) is 10.2. The van der Waals surface area contributed by atoms with Crippen LogP contribution in [0.15, 0.2) is 30.3 Å². The van der Waals surface area contributed by atoms with E-state index in [1.54, 1.807) is 18.2 Å². The van der Waals surface area contributed by atoms with Crippen molar-refractivity contribution >= 4 is 61.5 Å². The van der Waals surface area contributed by atoms with Crippen LogP contribution in [0.2, 0.25) is 5.02 Å². The van der Waals surface area contributed by atoms with Gasteiger partial charge in [0, 0.05) is 9.61 Å². The molecule has 1 aliphatic rings. The summed E-state index contributed by atoms with van der Waals surface area (Å²) < 4.78 is 57.3. The van der Waals surface area contributed by atoms with Crippen LogP contribution in [0.5, 0.6) is 0 Å². The van der Waals surface area contributed by atoms with E-state index in [0.717, 1.165) is 22.5 Å². The van der Waals surface area contributed by atoms with Crippen LogP contribution in [-0.2, 0) is 10.2 Å². The molecule has 0 saturated heterocycles. The number of anilines is 3. The fraction of sp³-hybridized carbons (Fsp3) is 0.200. The Kier molecular flexibility index (Phi) is 5.37. The van der Waals surface area contributed by atoms with Gasteiger partial charge >= 0.3 is 0 Å². The molecule has 25 heavy (non-hydrogen) atoms. The molecule has 0 atom stereocenters. The van der Waals surface area contributed by atoms with Crippen molar-refractivity contribution in [2.75, 3.05) is 10.0 Å². The van der Waals surface area contributed by atoms with E-state index in [1.807, 2.05) is 4.72 Å². The Morgan fingerprint density at radius 3 is 2.28 bits per heavy atom. The summed E-state index contributed by atoms with van der Waals surface area (Å²) in [5.41, 5.74) is -0.215.